The van der Waals surface area contributed by atoms with Crippen molar-refractivity contribution in [3.63, 3.8) is 0 Å². The van der Waals surface area contributed by atoms with E-state index in [1.54, 1.807) is 0 Å². The van der Waals surface area contributed by atoms with Gasteiger partial charge in [-0.3, -0.25) is 0 Å². The minimum absolute atomic E-state index is 0.867. The summed E-state index contributed by atoms with van der Waals surface area (Å²) in [6.45, 7) is 0. The summed E-state index contributed by atoms with van der Waals surface area (Å²) in [7, 11) is 0. The lowest BCUT2D eigenvalue weighted by Crippen LogP contribution is -2.10. The average molecular weight is 602 g/mol. The molecule has 0 amide bonds. The Labute approximate surface area is 270 Å². The first-order valence-electron chi connectivity index (χ1n) is 15.9. The maximum atomic E-state index is 6.62. The highest BCUT2D eigenvalue weighted by molar-refractivity contribution is 6.19. The molecule has 0 fully saturated rings. The number of rotatable bonds is 4. The van der Waals surface area contributed by atoms with Crippen LogP contribution in [0.3, 0.4) is 0 Å². The standard InChI is InChI=1S/C44H27NO2/c1-2-11-30-25-34(22-19-28(30)9-1)45(39-16-8-18-41-43(39)38-24-20-29-10-3-4-14-35(29)44(38)47-41)33-13-7-12-31(26-33)32-21-23-37-36-15-5-6-17-40(36)46-42(37)27-32/h1-27H. The van der Waals surface area contributed by atoms with Crippen LogP contribution in [-0.2, 0) is 0 Å². The topological polar surface area (TPSA) is 29.5 Å². The molecule has 0 atom stereocenters. The Morgan fingerprint density at radius 1 is 0.362 bits per heavy atom. The number of para-hydroxylation sites is 1. The van der Waals surface area contributed by atoms with Crippen molar-refractivity contribution in [1.82, 2.24) is 0 Å². The van der Waals surface area contributed by atoms with Gasteiger partial charge < -0.3 is 13.7 Å². The predicted octanol–water partition coefficient (Wildman–Crippen LogP) is 12.9. The number of nitrogens with zero attached hydrogens (tertiary/aromatic N) is 1. The molecule has 3 heteroatoms. The third-order valence-corrected chi connectivity index (χ3v) is 9.41. The second kappa shape index (κ2) is 10.1. The van der Waals surface area contributed by atoms with Gasteiger partial charge in [0, 0.05) is 32.9 Å². The molecule has 0 bridgehead atoms. The molecular weight excluding hydrogens is 574 g/mol. The van der Waals surface area contributed by atoms with E-state index < -0.39 is 0 Å². The molecule has 220 valence electrons. The highest BCUT2D eigenvalue weighted by Gasteiger charge is 2.21. The van der Waals surface area contributed by atoms with E-state index >= 15 is 0 Å². The van der Waals surface area contributed by atoms with Gasteiger partial charge in [-0.15, -0.1) is 0 Å². The molecule has 0 saturated carbocycles. The summed E-state index contributed by atoms with van der Waals surface area (Å²) in [6.07, 6.45) is 0. The lowest BCUT2D eigenvalue weighted by Gasteiger charge is -2.27. The van der Waals surface area contributed by atoms with Gasteiger partial charge in [0.2, 0.25) is 0 Å². The monoisotopic (exact) mass is 601 g/mol. The summed E-state index contributed by atoms with van der Waals surface area (Å²) >= 11 is 0. The fraction of sp³-hybridized carbons (Fsp3) is 0. The summed E-state index contributed by atoms with van der Waals surface area (Å²) in [6, 6.07) is 57.9. The third-order valence-electron chi connectivity index (χ3n) is 9.41. The maximum Gasteiger partial charge on any atom is 0.143 e. The summed E-state index contributed by atoms with van der Waals surface area (Å²) in [5.41, 5.74) is 9.01. The molecule has 2 aromatic heterocycles. The molecule has 3 nitrogen and oxygen atoms in total. The molecule has 10 aromatic rings. The van der Waals surface area contributed by atoms with Crippen molar-refractivity contribution in [2.24, 2.45) is 0 Å². The number of furan rings is 2. The molecule has 2 heterocycles. The SMILES string of the molecule is c1cc(-c2ccc3c(c2)oc2ccccc23)cc(N(c2ccc3ccccc3c2)c2cccc3oc4c5ccccc5ccc4c23)c1. The first-order chi connectivity index (χ1) is 23.3. The summed E-state index contributed by atoms with van der Waals surface area (Å²) in [4.78, 5) is 2.36. The first kappa shape index (κ1) is 26.0. The summed E-state index contributed by atoms with van der Waals surface area (Å²) in [5.74, 6) is 0. The van der Waals surface area contributed by atoms with Crippen LogP contribution >= 0.6 is 0 Å². The largest absolute Gasteiger partial charge is 0.456 e. The van der Waals surface area contributed by atoms with Gasteiger partial charge in [0.25, 0.3) is 0 Å². The van der Waals surface area contributed by atoms with Crippen LogP contribution in [0.5, 0.6) is 0 Å². The second-order valence-corrected chi connectivity index (χ2v) is 12.1. The van der Waals surface area contributed by atoms with Crippen LogP contribution in [0, 0.1) is 0 Å². The maximum absolute atomic E-state index is 6.62. The molecule has 47 heavy (non-hydrogen) atoms. The molecule has 0 saturated heterocycles. The van der Waals surface area contributed by atoms with E-state index in [-0.39, 0.29) is 0 Å². The average Bonchev–Trinajstić information content (AvgIpc) is 3.71. The van der Waals surface area contributed by atoms with E-state index in [1.807, 2.05) is 12.1 Å². The number of hydrogen-bond donors (Lipinski definition) is 0. The Hall–Kier alpha value is -6.32. The smallest absolute Gasteiger partial charge is 0.143 e. The molecule has 0 N–H and O–H groups in total. The zero-order chi connectivity index (χ0) is 30.9. The van der Waals surface area contributed by atoms with Crippen LogP contribution in [0.1, 0.15) is 0 Å². The van der Waals surface area contributed by atoms with E-state index in [0.717, 1.165) is 77.5 Å². The van der Waals surface area contributed by atoms with Gasteiger partial charge in [-0.2, -0.15) is 0 Å². The van der Waals surface area contributed by atoms with Crippen LogP contribution < -0.4 is 4.90 Å². The Morgan fingerprint density at radius 2 is 1.04 bits per heavy atom. The van der Waals surface area contributed by atoms with Gasteiger partial charge in [-0.1, -0.05) is 103 Å². The molecular formula is C44H27NO2. The Kier molecular flexibility index (Phi) is 5.57. The summed E-state index contributed by atoms with van der Waals surface area (Å²) < 4.78 is 12.9. The summed E-state index contributed by atoms with van der Waals surface area (Å²) in [5, 5.41) is 9.15. The fourth-order valence-electron chi connectivity index (χ4n) is 7.19. The highest BCUT2D eigenvalue weighted by atomic mass is 16.3. The van der Waals surface area contributed by atoms with Crippen molar-refractivity contribution in [1.29, 1.82) is 0 Å². The minimum Gasteiger partial charge on any atom is -0.456 e. The van der Waals surface area contributed by atoms with Crippen molar-refractivity contribution < 1.29 is 8.83 Å². The van der Waals surface area contributed by atoms with E-state index in [1.165, 1.54) is 16.2 Å². The van der Waals surface area contributed by atoms with Crippen LogP contribution in [0.4, 0.5) is 17.1 Å². The minimum atomic E-state index is 0.867. The second-order valence-electron chi connectivity index (χ2n) is 12.1. The van der Waals surface area contributed by atoms with Gasteiger partial charge in [-0.05, 0) is 87.9 Å². The molecule has 0 aliphatic carbocycles. The fourth-order valence-corrected chi connectivity index (χ4v) is 7.19. The Morgan fingerprint density at radius 3 is 1.98 bits per heavy atom. The van der Waals surface area contributed by atoms with Crippen molar-refractivity contribution in [3.8, 4) is 11.1 Å². The number of fused-ring (bicyclic) bond motifs is 9. The molecule has 0 radical (unpaired) electrons. The Balaban J connectivity index is 1.21. The van der Waals surface area contributed by atoms with Crippen molar-refractivity contribution in [2.75, 3.05) is 4.90 Å². The van der Waals surface area contributed by atoms with Crippen LogP contribution in [0.25, 0.3) is 76.5 Å². The van der Waals surface area contributed by atoms with Crippen molar-refractivity contribution >= 4 is 82.5 Å². The van der Waals surface area contributed by atoms with Gasteiger partial charge >= 0.3 is 0 Å². The third kappa shape index (κ3) is 4.07. The molecule has 8 aromatic carbocycles. The molecule has 0 spiro atoms. The number of anilines is 3. The van der Waals surface area contributed by atoms with Gasteiger partial charge in [0.1, 0.15) is 22.3 Å². The van der Waals surface area contributed by atoms with Crippen molar-refractivity contribution in [2.45, 2.75) is 0 Å². The predicted molar refractivity (Wildman–Crippen MR) is 196 cm³/mol. The van der Waals surface area contributed by atoms with Gasteiger partial charge in [-0.25, -0.2) is 0 Å². The van der Waals surface area contributed by atoms with E-state index in [2.05, 4.69) is 157 Å². The van der Waals surface area contributed by atoms with Gasteiger partial charge in [0.05, 0.1) is 11.1 Å². The van der Waals surface area contributed by atoms with Crippen LogP contribution in [0.2, 0.25) is 0 Å². The molecule has 0 unspecified atom stereocenters. The quantitative estimate of drug-likeness (QED) is 0.201. The van der Waals surface area contributed by atoms with E-state index in [4.69, 9.17) is 8.83 Å². The normalized spacial score (nSPS) is 11.8. The van der Waals surface area contributed by atoms with Crippen LogP contribution in [0.15, 0.2) is 173 Å². The lowest BCUT2D eigenvalue weighted by atomic mass is 10.0. The number of benzene rings is 8. The van der Waals surface area contributed by atoms with E-state index in [0.29, 0.717) is 0 Å². The molecule has 10 rings (SSSR count). The van der Waals surface area contributed by atoms with Crippen molar-refractivity contribution in [3.05, 3.63) is 164 Å². The van der Waals surface area contributed by atoms with Crippen LogP contribution in [-0.4, -0.2) is 0 Å². The first-order valence-corrected chi connectivity index (χ1v) is 15.9. The zero-order valence-electron chi connectivity index (χ0n) is 25.4. The van der Waals surface area contributed by atoms with E-state index in [9.17, 15) is 0 Å². The highest BCUT2D eigenvalue weighted by Crippen LogP contribution is 2.45. The zero-order valence-corrected chi connectivity index (χ0v) is 25.4. The molecule has 0 aliphatic rings. The van der Waals surface area contributed by atoms with Gasteiger partial charge in [0.15, 0.2) is 0 Å². The molecule has 0 aliphatic heterocycles. The number of hydrogen-bond acceptors (Lipinski definition) is 3. The Bertz CT molecular complexity index is 2820. The lowest BCUT2D eigenvalue weighted by molar-refractivity contribution is 0.669.